The van der Waals surface area contributed by atoms with Crippen molar-refractivity contribution in [1.82, 2.24) is 15.7 Å². The van der Waals surface area contributed by atoms with Crippen molar-refractivity contribution in [3.8, 4) is 11.5 Å². The molecule has 0 aromatic heterocycles. The summed E-state index contributed by atoms with van der Waals surface area (Å²) in [6, 6.07) is 2.28. The third-order valence-electron chi connectivity index (χ3n) is 10.2. The number of nitrogens with one attached hydrogen (secondary N) is 2. The third-order valence-corrected chi connectivity index (χ3v) is 15.9. The van der Waals surface area contributed by atoms with Crippen LogP contribution in [0.15, 0.2) is 18.2 Å². The summed E-state index contributed by atoms with van der Waals surface area (Å²) in [5, 5.41) is 7.19. The fraction of sp³-hybridized carbons (Fsp3) is 0.789. The van der Waals surface area contributed by atoms with E-state index in [0.29, 0.717) is 24.3 Å². The molecule has 20 heteroatoms. The Morgan fingerprint density at radius 2 is 1.31 bits per heavy atom. The van der Waals surface area contributed by atoms with Crippen molar-refractivity contribution in [1.29, 1.82) is 0 Å². The normalized spacial score (nSPS) is 17.9. The molecular weight excluding hydrogens is 809 g/mol. The van der Waals surface area contributed by atoms with Crippen molar-refractivity contribution in [2.45, 2.75) is 172 Å². The van der Waals surface area contributed by atoms with E-state index >= 15 is 0 Å². The van der Waals surface area contributed by atoms with Gasteiger partial charge in [0.15, 0.2) is 8.32 Å². The van der Waals surface area contributed by atoms with E-state index in [9.17, 15) is 49.1 Å². The number of halogens is 9. The Bertz CT molecular complexity index is 1510. The van der Waals surface area contributed by atoms with Crippen LogP contribution in [0, 0.1) is 0 Å². The van der Waals surface area contributed by atoms with Gasteiger partial charge >= 0.3 is 30.0 Å². The van der Waals surface area contributed by atoms with Gasteiger partial charge in [-0.05, 0) is 96.1 Å². The molecule has 1 aliphatic heterocycles. The van der Waals surface area contributed by atoms with Crippen LogP contribution in [0.4, 0.5) is 44.3 Å². The third kappa shape index (κ3) is 12.1. The minimum Gasteiger partial charge on any atom is -0.497 e. The van der Waals surface area contributed by atoms with E-state index in [4.69, 9.17) is 23.5 Å². The van der Waals surface area contributed by atoms with Crippen molar-refractivity contribution in [2.75, 3.05) is 20.8 Å². The number of hydroxylamine groups is 2. The zero-order valence-electron chi connectivity index (χ0n) is 35.5. The number of benzene rings is 1. The predicted molar refractivity (Wildman–Crippen MR) is 201 cm³/mol. The number of carbonyl (C=O) groups excluding carboxylic acids is 2. The number of ether oxygens (including phenoxy) is 3. The van der Waals surface area contributed by atoms with Gasteiger partial charge in [-0.3, -0.25) is 9.63 Å². The van der Waals surface area contributed by atoms with Crippen molar-refractivity contribution >= 4 is 20.3 Å². The molecule has 336 valence electrons. The van der Waals surface area contributed by atoms with Gasteiger partial charge in [0.25, 0.3) is 0 Å². The molecule has 1 heterocycles. The van der Waals surface area contributed by atoms with Crippen molar-refractivity contribution < 1.29 is 72.6 Å². The summed E-state index contributed by atoms with van der Waals surface area (Å²) < 4.78 is 146. The maximum atomic E-state index is 14.8. The van der Waals surface area contributed by atoms with Gasteiger partial charge < -0.3 is 29.3 Å². The molecule has 1 aliphatic rings. The number of methoxy groups -OCH3 is 2. The van der Waals surface area contributed by atoms with E-state index in [-0.39, 0.29) is 6.61 Å². The molecule has 0 unspecified atom stereocenters. The highest BCUT2D eigenvalue weighted by atomic mass is 28.4. The molecule has 2 amide bonds. The van der Waals surface area contributed by atoms with E-state index in [1.807, 2.05) is 32.8 Å². The molecular formula is C38H60F9N3O7Si. The molecule has 0 spiro atoms. The molecule has 2 rings (SSSR count). The van der Waals surface area contributed by atoms with E-state index in [1.54, 1.807) is 39.0 Å². The monoisotopic (exact) mass is 869 g/mol. The molecule has 10 nitrogen and oxygen atoms in total. The van der Waals surface area contributed by atoms with Gasteiger partial charge in [0, 0.05) is 29.6 Å². The summed E-state index contributed by atoms with van der Waals surface area (Å²) in [6.07, 6.45) is -9.38. The average Bonchev–Trinajstić information content (AvgIpc) is 3.04. The zero-order chi connectivity index (χ0) is 45.1. The molecule has 1 aromatic rings. The largest absolute Gasteiger partial charge is 0.497 e. The van der Waals surface area contributed by atoms with Gasteiger partial charge in [-0.2, -0.15) is 44.6 Å². The first kappa shape index (κ1) is 51.2. The van der Waals surface area contributed by atoms with Crippen LogP contribution in [-0.2, 0) is 25.4 Å². The molecule has 2 N–H and O–H groups in total. The molecule has 0 bridgehead atoms. The number of amides is 2. The number of rotatable bonds is 18. The summed E-state index contributed by atoms with van der Waals surface area (Å²) in [5.74, 6) is -19.2. The maximum absolute atomic E-state index is 14.8. The number of alkyl halides is 9. The zero-order valence-corrected chi connectivity index (χ0v) is 36.5. The van der Waals surface area contributed by atoms with Crippen molar-refractivity contribution in [3.05, 3.63) is 23.8 Å². The van der Waals surface area contributed by atoms with E-state index in [1.165, 1.54) is 41.9 Å². The summed E-state index contributed by atoms with van der Waals surface area (Å²) in [7, 11) is -0.801. The maximum Gasteiger partial charge on any atom is 0.460 e. The molecule has 1 fully saturated rings. The second-order valence-corrected chi connectivity index (χ2v) is 22.7. The molecule has 0 saturated carbocycles. The number of nitrogens with zero attached hydrogens (tertiary/aromatic N) is 1. The summed E-state index contributed by atoms with van der Waals surface area (Å²) >= 11 is 0. The number of hydrogen-bond acceptors (Lipinski definition) is 8. The Hall–Kier alpha value is -2.97. The van der Waals surface area contributed by atoms with Gasteiger partial charge in [0.1, 0.15) is 23.1 Å². The van der Waals surface area contributed by atoms with Gasteiger partial charge in [0.2, 0.25) is 5.91 Å². The summed E-state index contributed by atoms with van der Waals surface area (Å²) in [4.78, 5) is 33.4. The van der Waals surface area contributed by atoms with Crippen LogP contribution in [0.5, 0.6) is 11.5 Å². The Kier molecular flexibility index (Phi) is 16.2. The van der Waals surface area contributed by atoms with Gasteiger partial charge in [0.05, 0.1) is 27.4 Å². The Morgan fingerprint density at radius 3 is 1.72 bits per heavy atom. The van der Waals surface area contributed by atoms with Crippen LogP contribution in [0.2, 0.25) is 17.1 Å². The number of hydrogen-bond donors (Lipinski definition) is 2. The van der Waals surface area contributed by atoms with Gasteiger partial charge in [-0.1, -0.05) is 27.7 Å². The van der Waals surface area contributed by atoms with Crippen molar-refractivity contribution in [2.24, 2.45) is 0 Å². The smallest absolute Gasteiger partial charge is 0.460 e. The first-order valence-corrected chi connectivity index (χ1v) is 21.2. The molecule has 0 aliphatic carbocycles. The fourth-order valence-electron chi connectivity index (χ4n) is 7.54. The molecule has 1 aromatic carbocycles. The lowest BCUT2D eigenvalue weighted by Gasteiger charge is -2.54. The standard InChI is InChI=1S/C38H60F9N3O7Si/c1-23(2)58(24(3)4,15-14-35(39,40)36(41,42)37(43,44)38(45,46)47)56-22-29(49-31(52)57-32(5,6)7)30(51)48-26-19-33(8,9)50(34(10,11)20-26)55-21-25-16-27(53-12)18-28(17-25)54-13/h16-18,23-24,26,29H,14-15,19-22H2,1-13H3,(H,48,51)(H,49,52)/t29-/m0/s1. The fourth-order valence-corrected chi connectivity index (χ4v) is 12.0. The number of piperidine rings is 1. The second kappa shape index (κ2) is 18.3. The van der Waals surface area contributed by atoms with E-state index in [0.717, 1.165) is 5.56 Å². The Balaban J connectivity index is 2.38. The van der Waals surface area contributed by atoms with E-state index in [2.05, 4.69) is 10.6 Å². The Morgan fingerprint density at radius 1 is 0.828 bits per heavy atom. The van der Waals surface area contributed by atoms with Crippen LogP contribution in [0.3, 0.4) is 0 Å². The minimum atomic E-state index is -7.03. The predicted octanol–water partition coefficient (Wildman–Crippen LogP) is 9.81. The topological polar surface area (TPSA) is 108 Å². The van der Waals surface area contributed by atoms with Gasteiger partial charge in [-0.15, -0.1) is 0 Å². The first-order valence-electron chi connectivity index (χ1n) is 18.9. The van der Waals surface area contributed by atoms with E-state index < -0.39 is 103 Å². The number of alkyl carbamates (subject to hydrolysis) is 1. The lowest BCUT2D eigenvalue weighted by atomic mass is 9.79. The van der Waals surface area contributed by atoms with Gasteiger partial charge in [-0.25, -0.2) is 4.79 Å². The average molecular weight is 870 g/mol. The SMILES string of the molecule is COc1cc(CON2C(C)(C)CC(NC(=O)[C@H](CO[Si](CCC(F)(F)C(F)(F)C(F)(F)C(F)(F)F)(C(C)C)C(C)C)NC(=O)OC(C)(C)C)CC2(C)C)cc(OC)c1. The molecule has 0 radical (unpaired) electrons. The molecule has 58 heavy (non-hydrogen) atoms. The van der Waals surface area contributed by atoms with Crippen LogP contribution >= 0.6 is 0 Å². The van der Waals surface area contributed by atoms with Crippen LogP contribution in [0.1, 0.15) is 101 Å². The van der Waals surface area contributed by atoms with Crippen LogP contribution in [0.25, 0.3) is 0 Å². The highest BCUT2D eigenvalue weighted by Gasteiger charge is 2.81. The lowest BCUT2D eigenvalue weighted by Crippen LogP contribution is -2.65. The number of carbonyl (C=O) groups is 2. The highest BCUT2D eigenvalue weighted by Crippen LogP contribution is 2.55. The minimum absolute atomic E-state index is 0.155. The molecule has 1 saturated heterocycles. The Labute approximate surface area is 336 Å². The summed E-state index contributed by atoms with van der Waals surface area (Å²) in [6.45, 7) is 17.8. The lowest BCUT2D eigenvalue weighted by molar-refractivity contribution is -0.396. The second-order valence-electron chi connectivity index (χ2n) is 17.7. The first-order chi connectivity index (χ1) is 26.1. The summed E-state index contributed by atoms with van der Waals surface area (Å²) in [5.41, 5.74) is -3.04. The highest BCUT2D eigenvalue weighted by molar-refractivity contribution is 6.76. The quantitative estimate of drug-likeness (QED) is 0.111. The molecule has 1 atom stereocenters. The van der Waals surface area contributed by atoms with Crippen molar-refractivity contribution in [3.63, 3.8) is 0 Å². The van der Waals surface area contributed by atoms with Crippen LogP contribution in [-0.4, -0.2) is 98.9 Å². The van der Waals surface area contributed by atoms with Crippen LogP contribution < -0.4 is 20.1 Å².